The molecule has 0 saturated carbocycles. The van der Waals surface area contributed by atoms with E-state index in [0.717, 1.165) is 12.5 Å². The Balaban J connectivity index is 1.75. The number of benzene rings is 1. The van der Waals surface area contributed by atoms with Crippen LogP contribution in [0, 0.1) is 6.92 Å². The first kappa shape index (κ1) is 15.3. The second-order valence-electron chi connectivity index (χ2n) is 5.95. The number of halogens is 1. The first-order valence-corrected chi connectivity index (χ1v) is 9.37. The molecule has 0 spiro atoms. The van der Waals surface area contributed by atoms with Gasteiger partial charge in [0.2, 0.25) is 0 Å². The third-order valence-corrected chi connectivity index (χ3v) is 6.59. The first-order valence-electron chi connectivity index (χ1n) is 7.76. The van der Waals surface area contributed by atoms with Gasteiger partial charge >= 0.3 is 0 Å². The van der Waals surface area contributed by atoms with Crippen LogP contribution >= 0.6 is 27.3 Å². The molecule has 21 heavy (non-hydrogen) atoms. The van der Waals surface area contributed by atoms with E-state index in [9.17, 15) is 0 Å². The molecule has 1 heterocycles. The maximum Gasteiger partial charge on any atom is 0.0731 e. The predicted octanol–water partition coefficient (Wildman–Crippen LogP) is 5.59. The lowest BCUT2D eigenvalue weighted by atomic mass is 9.74. The van der Waals surface area contributed by atoms with Crippen LogP contribution in [0.2, 0.25) is 0 Å². The molecule has 0 saturated heterocycles. The number of thiophene rings is 1. The van der Waals surface area contributed by atoms with Crippen LogP contribution in [-0.2, 0) is 6.42 Å². The highest BCUT2D eigenvalue weighted by Gasteiger charge is 2.29. The van der Waals surface area contributed by atoms with Crippen LogP contribution in [0.4, 0.5) is 0 Å². The molecule has 1 N–H and O–H groups in total. The molecule has 1 aromatic carbocycles. The molecule has 112 valence electrons. The first-order chi connectivity index (χ1) is 10.2. The van der Waals surface area contributed by atoms with Crippen LogP contribution in [-0.4, -0.2) is 6.54 Å². The Kier molecular flexibility index (Phi) is 4.82. The third kappa shape index (κ3) is 3.25. The summed E-state index contributed by atoms with van der Waals surface area (Å²) in [6, 6.07) is 11.7. The quantitative estimate of drug-likeness (QED) is 0.705. The molecule has 0 fully saturated rings. The standard InChI is InChI=1S/C18H22BrNS/c1-3-8-20-16(17-9-12(2)18(19)21-17)11-14-10-13-6-4-5-7-15(13)14/h4-7,9,14,16,20H,3,8,10-11H2,1-2H3. The van der Waals surface area contributed by atoms with Gasteiger partial charge in [0.25, 0.3) is 0 Å². The summed E-state index contributed by atoms with van der Waals surface area (Å²) in [5.41, 5.74) is 4.46. The fourth-order valence-corrected chi connectivity index (χ4v) is 4.79. The van der Waals surface area contributed by atoms with Crippen molar-refractivity contribution in [3.05, 3.63) is 55.7 Å². The van der Waals surface area contributed by atoms with Crippen LogP contribution in [0.3, 0.4) is 0 Å². The molecule has 1 aliphatic rings. The van der Waals surface area contributed by atoms with E-state index >= 15 is 0 Å². The SMILES string of the molecule is CCCNC(CC1Cc2ccccc21)c1cc(C)c(Br)s1. The fourth-order valence-electron chi connectivity index (χ4n) is 3.13. The van der Waals surface area contributed by atoms with Crippen LogP contribution in [0.5, 0.6) is 0 Å². The van der Waals surface area contributed by atoms with Crippen LogP contribution < -0.4 is 5.32 Å². The summed E-state index contributed by atoms with van der Waals surface area (Å²) in [6.45, 7) is 5.51. The summed E-state index contributed by atoms with van der Waals surface area (Å²) in [6.07, 6.45) is 3.64. The van der Waals surface area contributed by atoms with Crippen molar-refractivity contribution < 1.29 is 0 Å². The van der Waals surface area contributed by atoms with Gasteiger partial charge in [-0.1, -0.05) is 31.2 Å². The van der Waals surface area contributed by atoms with E-state index < -0.39 is 0 Å². The van der Waals surface area contributed by atoms with Gasteiger partial charge in [0.1, 0.15) is 0 Å². The lowest BCUT2D eigenvalue weighted by Crippen LogP contribution is -2.27. The highest BCUT2D eigenvalue weighted by Crippen LogP contribution is 2.42. The van der Waals surface area contributed by atoms with Gasteiger partial charge in [-0.15, -0.1) is 11.3 Å². The second-order valence-corrected chi connectivity index (χ2v) is 8.35. The largest absolute Gasteiger partial charge is 0.309 e. The zero-order valence-corrected chi connectivity index (χ0v) is 15.1. The third-order valence-electron chi connectivity index (χ3n) is 4.34. The molecule has 3 rings (SSSR count). The van der Waals surface area contributed by atoms with E-state index in [0.29, 0.717) is 6.04 Å². The predicted molar refractivity (Wildman–Crippen MR) is 95.3 cm³/mol. The van der Waals surface area contributed by atoms with E-state index in [4.69, 9.17) is 0 Å². The highest BCUT2D eigenvalue weighted by atomic mass is 79.9. The van der Waals surface area contributed by atoms with Gasteiger partial charge in [0.05, 0.1) is 3.79 Å². The lowest BCUT2D eigenvalue weighted by Gasteiger charge is -2.33. The van der Waals surface area contributed by atoms with Crippen molar-refractivity contribution in [2.24, 2.45) is 0 Å². The Morgan fingerprint density at radius 3 is 2.86 bits per heavy atom. The molecule has 0 radical (unpaired) electrons. The molecule has 2 unspecified atom stereocenters. The number of hydrogen-bond donors (Lipinski definition) is 1. The molecule has 0 bridgehead atoms. The van der Waals surface area contributed by atoms with Crippen molar-refractivity contribution >= 4 is 27.3 Å². The Bertz CT molecular complexity index is 600. The van der Waals surface area contributed by atoms with E-state index in [1.807, 2.05) is 11.3 Å². The van der Waals surface area contributed by atoms with Crippen molar-refractivity contribution in [1.82, 2.24) is 5.32 Å². The van der Waals surface area contributed by atoms with Crippen LogP contribution in [0.25, 0.3) is 0 Å². The number of fused-ring (bicyclic) bond motifs is 1. The minimum atomic E-state index is 0.485. The Labute approximate surface area is 139 Å². The number of hydrogen-bond acceptors (Lipinski definition) is 2. The molecule has 0 aliphatic heterocycles. The van der Waals surface area contributed by atoms with Crippen molar-refractivity contribution in [1.29, 1.82) is 0 Å². The molecular weight excluding hydrogens is 342 g/mol. The normalized spacial score (nSPS) is 18.1. The minimum absolute atomic E-state index is 0.485. The zero-order valence-electron chi connectivity index (χ0n) is 12.7. The van der Waals surface area contributed by atoms with Crippen molar-refractivity contribution in [2.75, 3.05) is 6.54 Å². The molecule has 0 amide bonds. The van der Waals surface area contributed by atoms with Gasteiger partial charge in [0.15, 0.2) is 0 Å². The van der Waals surface area contributed by atoms with E-state index in [-0.39, 0.29) is 0 Å². The molecule has 1 aromatic heterocycles. The van der Waals surface area contributed by atoms with E-state index in [1.165, 1.54) is 33.5 Å². The van der Waals surface area contributed by atoms with Crippen molar-refractivity contribution in [3.8, 4) is 0 Å². The highest BCUT2D eigenvalue weighted by molar-refractivity contribution is 9.11. The smallest absolute Gasteiger partial charge is 0.0731 e. The minimum Gasteiger partial charge on any atom is -0.309 e. The summed E-state index contributed by atoms with van der Waals surface area (Å²) in [5.74, 6) is 0.719. The van der Waals surface area contributed by atoms with Crippen LogP contribution in [0.1, 0.15) is 53.3 Å². The summed E-state index contributed by atoms with van der Waals surface area (Å²) in [5, 5.41) is 3.75. The van der Waals surface area contributed by atoms with Crippen LogP contribution in [0.15, 0.2) is 34.1 Å². The Morgan fingerprint density at radius 1 is 1.38 bits per heavy atom. The topological polar surface area (TPSA) is 12.0 Å². The van der Waals surface area contributed by atoms with Gasteiger partial charge < -0.3 is 5.32 Å². The van der Waals surface area contributed by atoms with Gasteiger partial charge in [-0.05, 0) is 77.3 Å². The molecule has 1 nitrogen and oxygen atoms in total. The average Bonchev–Trinajstić information content (AvgIpc) is 2.79. The molecule has 1 aliphatic carbocycles. The molecule has 2 atom stereocenters. The average molecular weight is 364 g/mol. The summed E-state index contributed by atoms with van der Waals surface area (Å²) in [7, 11) is 0. The van der Waals surface area contributed by atoms with Gasteiger partial charge in [-0.3, -0.25) is 0 Å². The zero-order chi connectivity index (χ0) is 14.8. The lowest BCUT2D eigenvalue weighted by molar-refractivity contribution is 0.433. The summed E-state index contributed by atoms with van der Waals surface area (Å²) >= 11 is 5.55. The van der Waals surface area contributed by atoms with E-state index in [2.05, 4.69) is 65.4 Å². The Hall–Kier alpha value is -0.640. The summed E-state index contributed by atoms with van der Waals surface area (Å²) < 4.78 is 1.27. The van der Waals surface area contributed by atoms with Gasteiger partial charge in [-0.25, -0.2) is 0 Å². The maximum atomic E-state index is 3.75. The van der Waals surface area contributed by atoms with Crippen molar-refractivity contribution in [2.45, 2.75) is 45.1 Å². The molecule has 3 heteroatoms. The van der Waals surface area contributed by atoms with E-state index in [1.54, 1.807) is 11.1 Å². The fraction of sp³-hybridized carbons (Fsp3) is 0.444. The van der Waals surface area contributed by atoms with Gasteiger partial charge in [0, 0.05) is 10.9 Å². The maximum absolute atomic E-state index is 3.75. The summed E-state index contributed by atoms with van der Waals surface area (Å²) in [4.78, 5) is 1.47. The second kappa shape index (κ2) is 6.64. The Morgan fingerprint density at radius 2 is 2.19 bits per heavy atom. The number of rotatable bonds is 6. The number of aryl methyl sites for hydroxylation is 1. The molecule has 2 aromatic rings. The number of nitrogens with one attached hydrogen (secondary N) is 1. The molecular formula is C18H22BrNS. The monoisotopic (exact) mass is 363 g/mol. The van der Waals surface area contributed by atoms with Crippen molar-refractivity contribution in [3.63, 3.8) is 0 Å². The van der Waals surface area contributed by atoms with Gasteiger partial charge in [-0.2, -0.15) is 0 Å².